The predicted octanol–water partition coefficient (Wildman–Crippen LogP) is 2.98. The number of carboxylic acid groups (broad SMARTS) is 1. The van der Waals surface area contributed by atoms with Crippen LogP contribution in [0.1, 0.15) is 27.0 Å². The Labute approximate surface area is 136 Å². The highest BCUT2D eigenvalue weighted by atomic mass is 16.4. The van der Waals surface area contributed by atoms with E-state index in [1.807, 2.05) is 50.2 Å². The maximum atomic E-state index is 12.1. The Kier molecular flexibility index (Phi) is 5.52. The fourth-order valence-corrected chi connectivity index (χ4v) is 2.47. The highest BCUT2D eigenvalue weighted by molar-refractivity contribution is 5.94. The van der Waals surface area contributed by atoms with Gasteiger partial charge in [0, 0.05) is 12.1 Å². The smallest absolute Gasteiger partial charge is 0.308 e. The van der Waals surface area contributed by atoms with Gasteiger partial charge in [0.15, 0.2) is 0 Å². The Hall–Kier alpha value is -2.62. The molecule has 23 heavy (non-hydrogen) atoms. The maximum Gasteiger partial charge on any atom is 0.308 e. The minimum absolute atomic E-state index is 0.107. The van der Waals surface area contributed by atoms with Gasteiger partial charge in [-0.2, -0.15) is 0 Å². The van der Waals surface area contributed by atoms with Gasteiger partial charge in [-0.1, -0.05) is 47.5 Å². The van der Waals surface area contributed by atoms with Gasteiger partial charge in [-0.15, -0.1) is 0 Å². The molecule has 1 atom stereocenters. The predicted molar refractivity (Wildman–Crippen MR) is 89.5 cm³/mol. The van der Waals surface area contributed by atoms with Crippen molar-refractivity contribution in [2.24, 2.45) is 5.92 Å². The number of nitrogens with one attached hydrogen (secondary N) is 1. The molecule has 2 N–H and O–H groups in total. The topological polar surface area (TPSA) is 66.4 Å². The molecule has 0 aliphatic rings. The van der Waals surface area contributed by atoms with Gasteiger partial charge in [0.2, 0.25) is 0 Å². The first-order chi connectivity index (χ1) is 11.0. The van der Waals surface area contributed by atoms with Crippen molar-refractivity contribution in [1.29, 1.82) is 0 Å². The molecule has 1 amide bonds. The van der Waals surface area contributed by atoms with Crippen LogP contribution in [0, 0.1) is 19.8 Å². The van der Waals surface area contributed by atoms with Crippen LogP contribution in [-0.4, -0.2) is 23.5 Å². The summed E-state index contributed by atoms with van der Waals surface area (Å²) in [4.78, 5) is 23.6. The van der Waals surface area contributed by atoms with Gasteiger partial charge in [-0.05, 0) is 38.0 Å². The second-order valence-corrected chi connectivity index (χ2v) is 5.81. The van der Waals surface area contributed by atoms with E-state index >= 15 is 0 Å². The second-order valence-electron chi connectivity index (χ2n) is 5.81. The van der Waals surface area contributed by atoms with Crippen molar-refractivity contribution >= 4 is 11.9 Å². The van der Waals surface area contributed by atoms with Crippen molar-refractivity contribution in [3.8, 4) is 0 Å². The van der Waals surface area contributed by atoms with Crippen molar-refractivity contribution in [3.05, 3.63) is 70.8 Å². The number of carboxylic acids is 1. The number of benzene rings is 2. The van der Waals surface area contributed by atoms with Crippen LogP contribution in [0.15, 0.2) is 48.5 Å². The molecule has 120 valence electrons. The fraction of sp³-hybridized carbons (Fsp3) is 0.263. The summed E-state index contributed by atoms with van der Waals surface area (Å²) in [5.41, 5.74) is 3.59. The summed E-state index contributed by atoms with van der Waals surface area (Å²) in [6, 6.07) is 15.0. The molecule has 0 radical (unpaired) electrons. The lowest BCUT2D eigenvalue weighted by molar-refractivity contribution is -0.141. The molecule has 0 heterocycles. The Morgan fingerprint density at radius 1 is 1.04 bits per heavy atom. The Morgan fingerprint density at radius 2 is 1.70 bits per heavy atom. The summed E-state index contributed by atoms with van der Waals surface area (Å²) < 4.78 is 0. The number of rotatable bonds is 6. The average Bonchev–Trinajstić information content (AvgIpc) is 2.51. The third-order valence-electron chi connectivity index (χ3n) is 3.70. The van der Waals surface area contributed by atoms with Gasteiger partial charge in [-0.25, -0.2) is 0 Å². The van der Waals surface area contributed by atoms with Gasteiger partial charge in [0.25, 0.3) is 5.91 Å². The molecule has 0 fully saturated rings. The number of carbonyl (C=O) groups excluding carboxylic acids is 1. The first-order valence-electron chi connectivity index (χ1n) is 7.59. The molecular formula is C19H21NO3. The van der Waals surface area contributed by atoms with E-state index < -0.39 is 11.9 Å². The van der Waals surface area contributed by atoms with E-state index in [1.54, 1.807) is 12.1 Å². The van der Waals surface area contributed by atoms with Crippen molar-refractivity contribution in [3.63, 3.8) is 0 Å². The zero-order chi connectivity index (χ0) is 16.8. The third kappa shape index (κ3) is 4.95. The summed E-state index contributed by atoms with van der Waals surface area (Å²) in [5.74, 6) is -1.80. The van der Waals surface area contributed by atoms with Gasteiger partial charge in [0.05, 0.1) is 5.92 Å². The van der Waals surface area contributed by atoms with Crippen LogP contribution < -0.4 is 5.32 Å². The van der Waals surface area contributed by atoms with E-state index in [0.29, 0.717) is 12.0 Å². The van der Waals surface area contributed by atoms with Crippen LogP contribution >= 0.6 is 0 Å². The minimum atomic E-state index is -0.906. The zero-order valence-corrected chi connectivity index (χ0v) is 13.4. The zero-order valence-electron chi connectivity index (χ0n) is 13.4. The molecule has 0 spiro atoms. The van der Waals surface area contributed by atoms with E-state index in [0.717, 1.165) is 16.7 Å². The number of amides is 1. The molecule has 2 aromatic carbocycles. The van der Waals surface area contributed by atoms with Gasteiger partial charge in [-0.3, -0.25) is 9.59 Å². The maximum absolute atomic E-state index is 12.1. The van der Waals surface area contributed by atoms with Gasteiger partial charge in [0.1, 0.15) is 0 Å². The molecule has 1 unspecified atom stereocenters. The van der Waals surface area contributed by atoms with Crippen LogP contribution in [0.5, 0.6) is 0 Å². The van der Waals surface area contributed by atoms with Crippen molar-refractivity contribution < 1.29 is 14.7 Å². The Balaban J connectivity index is 2.00. The van der Waals surface area contributed by atoms with E-state index in [2.05, 4.69) is 5.32 Å². The molecule has 2 rings (SSSR count). The van der Waals surface area contributed by atoms with Crippen LogP contribution in [0.25, 0.3) is 0 Å². The molecule has 4 heteroatoms. The lowest BCUT2D eigenvalue weighted by atomic mass is 9.98. The number of carbonyl (C=O) groups is 2. The molecular weight excluding hydrogens is 290 g/mol. The van der Waals surface area contributed by atoms with Crippen LogP contribution in [0.4, 0.5) is 0 Å². The first-order valence-corrected chi connectivity index (χ1v) is 7.59. The fourth-order valence-electron chi connectivity index (χ4n) is 2.47. The van der Waals surface area contributed by atoms with E-state index in [1.165, 1.54) is 0 Å². The first kappa shape index (κ1) is 16.7. The SMILES string of the molecule is Cc1cccc(CC(CNC(=O)c2cccc(C)c2)C(=O)O)c1. The normalized spacial score (nSPS) is 11.7. The highest BCUT2D eigenvalue weighted by Gasteiger charge is 2.19. The molecule has 0 aromatic heterocycles. The Bertz CT molecular complexity index is 709. The monoisotopic (exact) mass is 311 g/mol. The van der Waals surface area contributed by atoms with Crippen molar-refractivity contribution in [2.45, 2.75) is 20.3 Å². The second kappa shape index (κ2) is 7.58. The van der Waals surface area contributed by atoms with E-state index in [-0.39, 0.29) is 12.5 Å². The van der Waals surface area contributed by atoms with Crippen LogP contribution in [-0.2, 0) is 11.2 Å². The van der Waals surface area contributed by atoms with Crippen molar-refractivity contribution in [1.82, 2.24) is 5.32 Å². The average molecular weight is 311 g/mol. The van der Waals surface area contributed by atoms with Crippen molar-refractivity contribution in [2.75, 3.05) is 6.54 Å². The van der Waals surface area contributed by atoms with Crippen LogP contribution in [0.3, 0.4) is 0 Å². The third-order valence-corrected chi connectivity index (χ3v) is 3.70. The minimum Gasteiger partial charge on any atom is -0.481 e. The summed E-state index contributed by atoms with van der Waals surface area (Å²) in [6.07, 6.45) is 0.394. The number of aliphatic carboxylic acids is 1. The molecule has 0 aliphatic heterocycles. The lowest BCUT2D eigenvalue weighted by Gasteiger charge is -2.14. The summed E-state index contributed by atoms with van der Waals surface area (Å²) in [6.45, 7) is 3.99. The summed E-state index contributed by atoms with van der Waals surface area (Å²) in [7, 11) is 0. The molecule has 0 saturated carbocycles. The van der Waals surface area contributed by atoms with E-state index in [9.17, 15) is 14.7 Å². The molecule has 0 aliphatic carbocycles. The summed E-state index contributed by atoms with van der Waals surface area (Å²) in [5, 5.41) is 12.1. The standard InChI is InChI=1S/C19H21NO3/c1-13-5-3-7-15(9-13)11-17(19(22)23)12-20-18(21)16-8-4-6-14(2)10-16/h3-10,17H,11-12H2,1-2H3,(H,20,21)(H,22,23). The van der Waals surface area contributed by atoms with Gasteiger partial charge < -0.3 is 10.4 Å². The quantitative estimate of drug-likeness (QED) is 0.862. The summed E-state index contributed by atoms with van der Waals surface area (Å²) >= 11 is 0. The molecule has 0 saturated heterocycles. The largest absolute Gasteiger partial charge is 0.481 e. The lowest BCUT2D eigenvalue weighted by Crippen LogP contribution is -2.34. The molecule has 0 bridgehead atoms. The molecule has 2 aromatic rings. The Morgan fingerprint density at radius 3 is 2.30 bits per heavy atom. The number of aryl methyl sites for hydroxylation is 2. The molecule has 4 nitrogen and oxygen atoms in total. The van der Waals surface area contributed by atoms with Crippen LogP contribution in [0.2, 0.25) is 0 Å². The van der Waals surface area contributed by atoms with E-state index in [4.69, 9.17) is 0 Å². The highest BCUT2D eigenvalue weighted by Crippen LogP contribution is 2.11. The number of hydrogen-bond donors (Lipinski definition) is 2. The number of hydrogen-bond acceptors (Lipinski definition) is 2. The van der Waals surface area contributed by atoms with Gasteiger partial charge >= 0.3 is 5.97 Å².